The van der Waals surface area contributed by atoms with E-state index in [4.69, 9.17) is 9.84 Å². The maximum Gasteiger partial charge on any atom is 0.200 e. The van der Waals surface area contributed by atoms with E-state index in [2.05, 4.69) is 44.9 Å². The van der Waals surface area contributed by atoms with Crippen LogP contribution in [0.4, 0.5) is 4.39 Å². The van der Waals surface area contributed by atoms with Gasteiger partial charge in [-0.3, -0.25) is 0 Å². The second-order valence-electron chi connectivity index (χ2n) is 8.16. The highest BCUT2D eigenvalue weighted by Gasteiger charge is 2.51. The summed E-state index contributed by atoms with van der Waals surface area (Å²) in [5, 5.41) is 7.11. The third kappa shape index (κ3) is 3.26. The Labute approximate surface area is 179 Å². The van der Waals surface area contributed by atoms with Crippen molar-refractivity contribution in [2.45, 2.75) is 44.4 Å². The molecule has 29 heavy (non-hydrogen) atoms. The molecule has 2 aromatic carbocycles. The van der Waals surface area contributed by atoms with Gasteiger partial charge >= 0.3 is 0 Å². The van der Waals surface area contributed by atoms with Crippen LogP contribution in [0.3, 0.4) is 0 Å². The van der Waals surface area contributed by atoms with Gasteiger partial charge in [-0.25, -0.2) is 9.40 Å². The molecule has 5 rings (SSSR count). The molecule has 2 aromatic rings. The topological polar surface area (TPSA) is 28.1 Å². The molecular formula is C23H25BrFN3O. The van der Waals surface area contributed by atoms with Gasteiger partial charge in [-0.15, -0.1) is 0 Å². The van der Waals surface area contributed by atoms with Crippen LogP contribution in [0, 0.1) is 5.82 Å². The molecule has 3 aliphatic heterocycles. The molecule has 0 aromatic heterocycles. The fourth-order valence-electron chi connectivity index (χ4n) is 4.88. The van der Waals surface area contributed by atoms with Gasteiger partial charge in [0.1, 0.15) is 11.6 Å². The summed E-state index contributed by atoms with van der Waals surface area (Å²) in [4.78, 5) is 2.50. The number of hydrogen-bond acceptors (Lipinski definition) is 4. The monoisotopic (exact) mass is 457 g/mol. The molecule has 1 spiro atoms. The maximum absolute atomic E-state index is 14.5. The lowest BCUT2D eigenvalue weighted by molar-refractivity contribution is -0.149. The Morgan fingerprint density at radius 1 is 1.21 bits per heavy atom. The highest BCUT2D eigenvalue weighted by Crippen LogP contribution is 2.50. The number of likely N-dealkylation sites (tertiary alicyclic amines) is 1. The molecule has 152 valence electrons. The number of hydrazone groups is 1. The minimum absolute atomic E-state index is 0.0728. The molecule has 3 aliphatic rings. The first kappa shape index (κ1) is 19.1. The Morgan fingerprint density at radius 2 is 2.00 bits per heavy atom. The van der Waals surface area contributed by atoms with Crippen molar-refractivity contribution in [3.05, 3.63) is 63.9 Å². The third-order valence-corrected chi connectivity index (χ3v) is 6.81. The Hall–Kier alpha value is -1.92. The normalized spacial score (nSPS) is 22.8. The summed E-state index contributed by atoms with van der Waals surface area (Å²) in [6.45, 7) is 5.32. The number of halogens is 2. The van der Waals surface area contributed by atoms with E-state index in [1.165, 1.54) is 6.07 Å². The highest BCUT2D eigenvalue weighted by molar-refractivity contribution is 9.10. The zero-order chi connectivity index (χ0) is 20.0. The fourth-order valence-corrected chi connectivity index (χ4v) is 5.26. The van der Waals surface area contributed by atoms with Gasteiger partial charge in [0, 0.05) is 48.0 Å². The lowest BCUT2D eigenvalue weighted by Crippen LogP contribution is -2.59. The second kappa shape index (κ2) is 7.40. The summed E-state index contributed by atoms with van der Waals surface area (Å²) in [5.41, 5.74) is 2.07. The minimum Gasteiger partial charge on any atom is -0.466 e. The smallest absolute Gasteiger partial charge is 0.200 e. The molecule has 0 saturated carbocycles. The molecule has 6 heteroatoms. The number of fused-ring (bicyclic) bond motifs is 4. The highest BCUT2D eigenvalue weighted by atomic mass is 79.9. The van der Waals surface area contributed by atoms with Crippen molar-refractivity contribution in [3.8, 4) is 5.75 Å². The van der Waals surface area contributed by atoms with Crippen molar-refractivity contribution < 1.29 is 9.13 Å². The van der Waals surface area contributed by atoms with Gasteiger partial charge in [0.25, 0.3) is 0 Å². The Bertz CT molecular complexity index is 955. The largest absolute Gasteiger partial charge is 0.466 e. The molecule has 4 nitrogen and oxygen atoms in total. The summed E-state index contributed by atoms with van der Waals surface area (Å²) < 4.78 is 22.2. The number of ether oxygens (including phenoxy) is 1. The number of hydrogen-bond donors (Lipinski definition) is 0. The third-order valence-electron chi connectivity index (χ3n) is 6.32. The molecule has 3 heterocycles. The lowest BCUT2D eigenvalue weighted by atomic mass is 9.90. The van der Waals surface area contributed by atoms with Crippen molar-refractivity contribution in [2.75, 3.05) is 19.6 Å². The molecule has 0 unspecified atom stereocenters. The Balaban J connectivity index is 1.55. The fraction of sp³-hybridized carbons (Fsp3) is 0.435. The van der Waals surface area contributed by atoms with Crippen molar-refractivity contribution in [1.29, 1.82) is 0 Å². The molecule has 0 N–H and O–H groups in total. The van der Waals surface area contributed by atoms with Crippen LogP contribution < -0.4 is 4.74 Å². The van der Waals surface area contributed by atoms with Crippen LogP contribution in [0.25, 0.3) is 0 Å². The maximum atomic E-state index is 14.5. The summed E-state index contributed by atoms with van der Waals surface area (Å²) in [6.07, 6.45) is 3.64. The van der Waals surface area contributed by atoms with Crippen molar-refractivity contribution in [2.24, 2.45) is 5.10 Å². The van der Waals surface area contributed by atoms with Crippen LogP contribution in [0.15, 0.2) is 52.0 Å². The Morgan fingerprint density at radius 3 is 2.76 bits per heavy atom. The van der Waals surface area contributed by atoms with Crippen LogP contribution >= 0.6 is 15.9 Å². The zero-order valence-corrected chi connectivity index (χ0v) is 18.2. The average Bonchev–Trinajstić information content (AvgIpc) is 3.18. The van der Waals surface area contributed by atoms with Crippen molar-refractivity contribution >= 4 is 21.6 Å². The quantitative estimate of drug-likeness (QED) is 0.622. The molecule has 1 saturated heterocycles. The predicted octanol–water partition coefficient (Wildman–Crippen LogP) is 5.33. The number of benzene rings is 2. The van der Waals surface area contributed by atoms with Gasteiger partial charge in [0.15, 0.2) is 0 Å². The number of rotatable bonds is 3. The van der Waals surface area contributed by atoms with E-state index in [0.29, 0.717) is 12.0 Å². The molecule has 0 bridgehead atoms. The van der Waals surface area contributed by atoms with Crippen LogP contribution in [0.1, 0.15) is 49.8 Å². The molecular weight excluding hydrogens is 433 g/mol. The van der Waals surface area contributed by atoms with Crippen LogP contribution in [-0.4, -0.2) is 41.0 Å². The van der Waals surface area contributed by atoms with E-state index in [1.54, 1.807) is 6.07 Å². The predicted molar refractivity (Wildman–Crippen MR) is 116 cm³/mol. The first-order valence-electron chi connectivity index (χ1n) is 10.4. The van der Waals surface area contributed by atoms with Crippen molar-refractivity contribution in [1.82, 2.24) is 9.91 Å². The van der Waals surface area contributed by atoms with E-state index in [-0.39, 0.29) is 11.9 Å². The summed E-state index contributed by atoms with van der Waals surface area (Å²) in [5.74, 6) is 0.719. The SMILES string of the molecule is CCCN1CCC2(CC1)Oc1ccc(Br)cc1[C@@H]1CC(c3ccccc3F)=NN12. The first-order chi connectivity index (χ1) is 14.1. The first-order valence-corrected chi connectivity index (χ1v) is 11.2. The molecule has 0 amide bonds. The van der Waals surface area contributed by atoms with E-state index >= 15 is 0 Å². The van der Waals surface area contributed by atoms with Crippen LogP contribution in [0.2, 0.25) is 0 Å². The summed E-state index contributed by atoms with van der Waals surface area (Å²) in [6, 6.07) is 13.2. The van der Waals surface area contributed by atoms with Crippen LogP contribution in [-0.2, 0) is 0 Å². The summed E-state index contributed by atoms with van der Waals surface area (Å²) in [7, 11) is 0. The van der Waals surface area contributed by atoms with Gasteiger partial charge in [-0.1, -0.05) is 41.1 Å². The average molecular weight is 458 g/mol. The summed E-state index contributed by atoms with van der Waals surface area (Å²) >= 11 is 3.59. The van der Waals surface area contributed by atoms with Crippen molar-refractivity contribution in [3.63, 3.8) is 0 Å². The van der Waals surface area contributed by atoms with Gasteiger partial charge in [0.05, 0.1) is 11.8 Å². The molecule has 0 aliphatic carbocycles. The second-order valence-corrected chi connectivity index (χ2v) is 9.08. The number of nitrogens with zero attached hydrogens (tertiary/aromatic N) is 3. The standard InChI is InChI=1S/C23H25BrFN3O/c1-2-11-27-12-9-23(10-13-27)28-21(18-14-16(24)7-8-22(18)29-23)15-20(26-28)17-5-3-4-6-19(17)25/h3-8,14,21H,2,9-13,15H2,1H3/t21-/m0/s1. The van der Waals surface area contributed by atoms with Gasteiger partial charge < -0.3 is 9.64 Å². The van der Waals surface area contributed by atoms with Gasteiger partial charge in [-0.05, 0) is 37.2 Å². The molecule has 0 radical (unpaired) electrons. The lowest BCUT2D eigenvalue weighted by Gasteiger charge is -2.51. The van der Waals surface area contributed by atoms with E-state index < -0.39 is 5.72 Å². The van der Waals surface area contributed by atoms with E-state index in [1.807, 2.05) is 18.2 Å². The van der Waals surface area contributed by atoms with Gasteiger partial charge in [0.2, 0.25) is 5.72 Å². The number of piperidine rings is 1. The van der Waals surface area contributed by atoms with Crippen LogP contribution in [0.5, 0.6) is 5.75 Å². The Kier molecular flexibility index (Phi) is 4.87. The molecule has 1 atom stereocenters. The minimum atomic E-state index is -0.456. The van der Waals surface area contributed by atoms with E-state index in [9.17, 15) is 4.39 Å². The molecule has 1 fully saturated rings. The zero-order valence-electron chi connectivity index (χ0n) is 16.6. The van der Waals surface area contributed by atoms with E-state index in [0.717, 1.165) is 60.4 Å². The van der Waals surface area contributed by atoms with Gasteiger partial charge in [-0.2, -0.15) is 5.10 Å².